The lowest BCUT2D eigenvalue weighted by atomic mass is 10.2. The predicted octanol–water partition coefficient (Wildman–Crippen LogP) is 1.99. The minimum absolute atomic E-state index is 0.221. The monoisotopic (exact) mass is 246 g/mol. The van der Waals surface area contributed by atoms with Crippen LogP contribution in [0.25, 0.3) is 10.4 Å². The Morgan fingerprint density at radius 3 is 2.65 bits per heavy atom. The lowest BCUT2D eigenvalue weighted by Gasteiger charge is -1.98. The maximum absolute atomic E-state index is 10.6. The normalized spacial score (nSPS) is 10.4. The highest BCUT2D eigenvalue weighted by Gasteiger charge is 2.02. The third kappa shape index (κ3) is 3.41. The standard InChI is InChI=1S/C13H14N2OS/c14-13(16)9-15-8-11-6-7-12(17-11)10-4-2-1-3-5-10/h1-7,15H,8-9H2,(H2,14,16). The Bertz CT molecular complexity index is 493. The smallest absolute Gasteiger partial charge is 0.231 e. The maximum atomic E-state index is 10.6. The molecule has 0 atom stereocenters. The van der Waals surface area contributed by atoms with E-state index in [1.165, 1.54) is 15.3 Å². The molecule has 3 nitrogen and oxygen atoms in total. The molecule has 2 aromatic rings. The Morgan fingerprint density at radius 1 is 1.18 bits per heavy atom. The van der Waals surface area contributed by atoms with Crippen molar-refractivity contribution in [2.24, 2.45) is 5.73 Å². The number of hydrogen-bond acceptors (Lipinski definition) is 3. The summed E-state index contributed by atoms with van der Waals surface area (Å²) in [6.45, 7) is 0.902. The predicted molar refractivity (Wildman–Crippen MR) is 70.7 cm³/mol. The molecule has 0 aliphatic heterocycles. The molecular formula is C13H14N2OS. The van der Waals surface area contributed by atoms with E-state index >= 15 is 0 Å². The number of benzene rings is 1. The number of primary amides is 1. The van der Waals surface area contributed by atoms with Gasteiger partial charge in [0.25, 0.3) is 0 Å². The zero-order chi connectivity index (χ0) is 12.1. The largest absolute Gasteiger partial charge is 0.369 e. The van der Waals surface area contributed by atoms with Gasteiger partial charge >= 0.3 is 0 Å². The summed E-state index contributed by atoms with van der Waals surface area (Å²) in [5.41, 5.74) is 6.28. The summed E-state index contributed by atoms with van der Waals surface area (Å²) in [7, 11) is 0. The van der Waals surface area contributed by atoms with Gasteiger partial charge in [-0.1, -0.05) is 30.3 Å². The fourth-order valence-corrected chi connectivity index (χ4v) is 2.52. The van der Waals surface area contributed by atoms with E-state index in [1.807, 2.05) is 18.2 Å². The van der Waals surface area contributed by atoms with Gasteiger partial charge in [-0.05, 0) is 17.7 Å². The first-order valence-corrected chi connectivity index (χ1v) is 6.20. The Hall–Kier alpha value is -1.65. The van der Waals surface area contributed by atoms with Gasteiger partial charge in [0.1, 0.15) is 0 Å². The van der Waals surface area contributed by atoms with E-state index in [2.05, 4.69) is 29.6 Å². The number of nitrogens with one attached hydrogen (secondary N) is 1. The number of carbonyl (C=O) groups is 1. The number of carbonyl (C=O) groups excluding carboxylic acids is 1. The molecule has 1 amide bonds. The summed E-state index contributed by atoms with van der Waals surface area (Å²) >= 11 is 1.72. The van der Waals surface area contributed by atoms with Gasteiger partial charge in [0.15, 0.2) is 0 Å². The Morgan fingerprint density at radius 2 is 1.94 bits per heavy atom. The molecule has 0 fully saturated rings. The molecule has 0 saturated heterocycles. The first-order chi connectivity index (χ1) is 8.25. The van der Waals surface area contributed by atoms with Crippen LogP contribution < -0.4 is 11.1 Å². The third-order valence-corrected chi connectivity index (χ3v) is 3.45. The molecule has 3 N–H and O–H groups in total. The summed E-state index contributed by atoms with van der Waals surface area (Å²) < 4.78 is 0. The van der Waals surface area contributed by atoms with Crippen molar-refractivity contribution in [3.05, 3.63) is 47.3 Å². The SMILES string of the molecule is NC(=O)CNCc1ccc(-c2ccccc2)s1. The molecule has 0 bridgehead atoms. The van der Waals surface area contributed by atoms with Crippen LogP contribution in [0.1, 0.15) is 4.88 Å². The molecule has 1 heterocycles. The van der Waals surface area contributed by atoms with E-state index in [4.69, 9.17) is 5.73 Å². The zero-order valence-corrected chi connectivity index (χ0v) is 10.2. The van der Waals surface area contributed by atoms with Crippen molar-refractivity contribution in [1.82, 2.24) is 5.32 Å². The number of rotatable bonds is 5. The van der Waals surface area contributed by atoms with Crippen molar-refractivity contribution >= 4 is 17.2 Å². The molecule has 0 spiro atoms. The van der Waals surface area contributed by atoms with Crippen LogP contribution in [0.4, 0.5) is 0 Å². The number of thiophene rings is 1. The molecule has 0 unspecified atom stereocenters. The second-order valence-electron chi connectivity index (χ2n) is 3.70. The first kappa shape index (κ1) is 11.8. The van der Waals surface area contributed by atoms with Crippen molar-refractivity contribution in [3.8, 4) is 10.4 Å². The van der Waals surface area contributed by atoms with E-state index in [0.717, 1.165) is 0 Å². The van der Waals surface area contributed by atoms with Crippen LogP contribution in [0.2, 0.25) is 0 Å². The lowest BCUT2D eigenvalue weighted by Crippen LogP contribution is -2.27. The summed E-state index contributed by atoms with van der Waals surface area (Å²) in [5, 5.41) is 3.00. The van der Waals surface area contributed by atoms with Crippen LogP contribution in [-0.2, 0) is 11.3 Å². The van der Waals surface area contributed by atoms with Crippen LogP contribution >= 0.6 is 11.3 Å². The molecule has 1 aromatic heterocycles. The van der Waals surface area contributed by atoms with E-state index in [9.17, 15) is 4.79 Å². The lowest BCUT2D eigenvalue weighted by molar-refractivity contribution is -0.117. The summed E-state index contributed by atoms with van der Waals surface area (Å²) in [4.78, 5) is 13.0. The minimum Gasteiger partial charge on any atom is -0.369 e. The quantitative estimate of drug-likeness (QED) is 0.847. The Kier molecular flexibility index (Phi) is 3.90. The van der Waals surface area contributed by atoms with Crippen LogP contribution in [0, 0.1) is 0 Å². The van der Waals surface area contributed by atoms with Crippen molar-refractivity contribution in [2.45, 2.75) is 6.54 Å². The minimum atomic E-state index is -0.329. The molecule has 4 heteroatoms. The van der Waals surface area contributed by atoms with E-state index in [-0.39, 0.29) is 12.5 Å². The fraction of sp³-hybridized carbons (Fsp3) is 0.154. The molecule has 0 aliphatic carbocycles. The second kappa shape index (κ2) is 5.61. The van der Waals surface area contributed by atoms with Gasteiger partial charge in [-0.25, -0.2) is 0 Å². The van der Waals surface area contributed by atoms with E-state index < -0.39 is 0 Å². The van der Waals surface area contributed by atoms with Crippen LogP contribution in [-0.4, -0.2) is 12.5 Å². The molecule has 1 aromatic carbocycles. The summed E-state index contributed by atoms with van der Waals surface area (Å²) in [5.74, 6) is -0.329. The number of nitrogens with two attached hydrogens (primary N) is 1. The molecular weight excluding hydrogens is 232 g/mol. The fourth-order valence-electron chi connectivity index (χ4n) is 1.54. The van der Waals surface area contributed by atoms with Crippen molar-refractivity contribution < 1.29 is 4.79 Å². The molecule has 88 valence electrons. The van der Waals surface area contributed by atoms with Gasteiger partial charge in [-0.3, -0.25) is 4.79 Å². The molecule has 0 radical (unpaired) electrons. The molecule has 2 rings (SSSR count). The van der Waals surface area contributed by atoms with Crippen molar-refractivity contribution in [2.75, 3.05) is 6.54 Å². The molecule has 17 heavy (non-hydrogen) atoms. The number of amides is 1. The molecule has 0 saturated carbocycles. The van der Waals surface area contributed by atoms with Gasteiger partial charge in [0.2, 0.25) is 5.91 Å². The van der Waals surface area contributed by atoms with Gasteiger partial charge in [0.05, 0.1) is 6.54 Å². The van der Waals surface area contributed by atoms with Crippen molar-refractivity contribution in [3.63, 3.8) is 0 Å². The number of hydrogen-bond donors (Lipinski definition) is 2. The van der Waals surface area contributed by atoms with Crippen LogP contribution in [0.3, 0.4) is 0 Å². The highest BCUT2D eigenvalue weighted by atomic mass is 32.1. The Balaban J connectivity index is 1.99. The second-order valence-corrected chi connectivity index (χ2v) is 4.87. The third-order valence-electron chi connectivity index (χ3n) is 2.32. The topological polar surface area (TPSA) is 55.1 Å². The van der Waals surface area contributed by atoms with Gasteiger partial charge < -0.3 is 11.1 Å². The van der Waals surface area contributed by atoms with E-state index in [0.29, 0.717) is 6.54 Å². The van der Waals surface area contributed by atoms with Crippen LogP contribution in [0.5, 0.6) is 0 Å². The van der Waals surface area contributed by atoms with Gasteiger partial charge in [0, 0.05) is 16.3 Å². The zero-order valence-electron chi connectivity index (χ0n) is 9.35. The highest BCUT2D eigenvalue weighted by molar-refractivity contribution is 7.15. The average molecular weight is 246 g/mol. The summed E-state index contributed by atoms with van der Waals surface area (Å²) in [6.07, 6.45) is 0. The Labute approximate surface area is 104 Å². The van der Waals surface area contributed by atoms with E-state index in [1.54, 1.807) is 11.3 Å². The molecule has 0 aliphatic rings. The van der Waals surface area contributed by atoms with Crippen LogP contribution in [0.15, 0.2) is 42.5 Å². The first-order valence-electron chi connectivity index (χ1n) is 5.39. The summed E-state index contributed by atoms with van der Waals surface area (Å²) in [6, 6.07) is 14.4. The van der Waals surface area contributed by atoms with Crippen molar-refractivity contribution in [1.29, 1.82) is 0 Å². The maximum Gasteiger partial charge on any atom is 0.231 e. The van der Waals surface area contributed by atoms with Gasteiger partial charge in [-0.15, -0.1) is 11.3 Å². The average Bonchev–Trinajstić information content (AvgIpc) is 2.78. The van der Waals surface area contributed by atoms with Gasteiger partial charge in [-0.2, -0.15) is 0 Å². The highest BCUT2D eigenvalue weighted by Crippen LogP contribution is 2.27.